The van der Waals surface area contributed by atoms with Crippen molar-refractivity contribution in [3.63, 3.8) is 0 Å². The molecule has 1 fully saturated rings. The number of rotatable bonds is 1. The molecule has 0 atom stereocenters. The summed E-state index contributed by atoms with van der Waals surface area (Å²) >= 11 is 0. The van der Waals surface area contributed by atoms with Crippen molar-refractivity contribution in [3.05, 3.63) is 11.6 Å². The normalized spacial score (nSPS) is 21.0. The second-order valence-electron chi connectivity index (χ2n) is 3.00. The molecule has 0 aromatic heterocycles. The maximum atomic E-state index is 8.37. The zero-order chi connectivity index (χ0) is 7.40. The Morgan fingerprint density at radius 3 is 2.60 bits per heavy atom. The van der Waals surface area contributed by atoms with E-state index in [4.69, 9.17) is 5.26 Å². The van der Waals surface area contributed by atoms with Gasteiger partial charge in [0.2, 0.25) is 0 Å². The summed E-state index contributed by atoms with van der Waals surface area (Å²) in [6.07, 6.45) is 6.98. The molecule has 0 unspecified atom stereocenters. The minimum absolute atomic E-state index is 0.722. The molecule has 1 aliphatic rings. The van der Waals surface area contributed by atoms with Crippen molar-refractivity contribution < 1.29 is 0 Å². The number of nitriles is 1. The highest BCUT2D eigenvalue weighted by Gasteiger charge is 2.15. The molecule has 0 aromatic carbocycles. The third kappa shape index (κ3) is 1.60. The van der Waals surface area contributed by atoms with E-state index in [1.54, 1.807) is 6.08 Å². The molecule has 0 saturated heterocycles. The Labute approximate surface area is 62.4 Å². The van der Waals surface area contributed by atoms with E-state index in [1.807, 2.05) is 0 Å². The molecule has 0 spiro atoms. The lowest BCUT2D eigenvalue weighted by Gasteiger charge is -2.06. The third-order valence-corrected chi connectivity index (χ3v) is 2.29. The van der Waals surface area contributed by atoms with E-state index in [0.29, 0.717) is 0 Å². The summed E-state index contributed by atoms with van der Waals surface area (Å²) in [6, 6.07) is 2.08. The van der Waals surface area contributed by atoms with Crippen molar-refractivity contribution in [2.45, 2.75) is 32.6 Å². The lowest BCUT2D eigenvalue weighted by molar-refractivity contribution is 0.643. The van der Waals surface area contributed by atoms with Crippen LogP contribution in [0.15, 0.2) is 11.6 Å². The smallest absolute Gasteiger partial charge is 0.0911 e. The molecule has 1 aliphatic carbocycles. The van der Waals surface area contributed by atoms with E-state index in [1.165, 1.54) is 31.3 Å². The van der Waals surface area contributed by atoms with Crippen LogP contribution < -0.4 is 0 Å². The van der Waals surface area contributed by atoms with Crippen molar-refractivity contribution in [1.82, 2.24) is 0 Å². The molecule has 54 valence electrons. The lowest BCUT2D eigenvalue weighted by atomic mass is 9.99. The van der Waals surface area contributed by atoms with Crippen LogP contribution in [0, 0.1) is 17.2 Å². The zero-order valence-electron chi connectivity index (χ0n) is 6.43. The molecule has 0 N–H and O–H groups in total. The minimum atomic E-state index is 0.722. The first kappa shape index (κ1) is 7.34. The fourth-order valence-electron chi connectivity index (χ4n) is 1.60. The van der Waals surface area contributed by atoms with Crippen LogP contribution in [0.3, 0.4) is 0 Å². The quantitative estimate of drug-likeness (QED) is 0.507. The van der Waals surface area contributed by atoms with Gasteiger partial charge in [-0.3, -0.25) is 0 Å². The summed E-state index contributed by atoms with van der Waals surface area (Å²) in [4.78, 5) is 0. The zero-order valence-corrected chi connectivity index (χ0v) is 6.43. The molecule has 0 amide bonds. The van der Waals surface area contributed by atoms with Gasteiger partial charge in [-0.25, -0.2) is 0 Å². The van der Waals surface area contributed by atoms with Gasteiger partial charge in [0.1, 0.15) is 0 Å². The van der Waals surface area contributed by atoms with Gasteiger partial charge in [0.25, 0.3) is 0 Å². The first-order valence-electron chi connectivity index (χ1n) is 3.91. The van der Waals surface area contributed by atoms with Crippen LogP contribution in [0.4, 0.5) is 0 Å². The van der Waals surface area contributed by atoms with Crippen LogP contribution in [-0.2, 0) is 0 Å². The topological polar surface area (TPSA) is 23.8 Å². The first-order valence-corrected chi connectivity index (χ1v) is 3.91. The molecule has 0 aliphatic heterocycles. The highest BCUT2D eigenvalue weighted by Crippen LogP contribution is 2.30. The van der Waals surface area contributed by atoms with E-state index in [0.717, 1.165) is 5.92 Å². The predicted molar refractivity (Wildman–Crippen MR) is 41.3 cm³/mol. The molecular weight excluding hydrogens is 122 g/mol. The fourth-order valence-corrected chi connectivity index (χ4v) is 1.60. The second-order valence-corrected chi connectivity index (χ2v) is 3.00. The van der Waals surface area contributed by atoms with Gasteiger partial charge in [0.05, 0.1) is 6.07 Å². The van der Waals surface area contributed by atoms with E-state index in [-0.39, 0.29) is 0 Å². The monoisotopic (exact) mass is 135 g/mol. The SMILES string of the molecule is CC(=CC#N)C1CCCC1. The van der Waals surface area contributed by atoms with E-state index in [2.05, 4.69) is 13.0 Å². The molecule has 0 bridgehead atoms. The Balaban J connectivity index is 2.49. The molecule has 0 aromatic rings. The Hall–Kier alpha value is -0.770. The Kier molecular flexibility index (Phi) is 2.50. The number of allylic oxidation sites excluding steroid dienone is 2. The molecule has 1 saturated carbocycles. The number of hydrogen-bond acceptors (Lipinski definition) is 1. The summed E-state index contributed by atoms with van der Waals surface area (Å²) in [5.74, 6) is 0.722. The maximum absolute atomic E-state index is 8.37. The van der Waals surface area contributed by atoms with Crippen LogP contribution in [-0.4, -0.2) is 0 Å². The van der Waals surface area contributed by atoms with Gasteiger partial charge >= 0.3 is 0 Å². The van der Waals surface area contributed by atoms with Crippen molar-refractivity contribution in [2.24, 2.45) is 5.92 Å². The van der Waals surface area contributed by atoms with Gasteiger partial charge in [-0.1, -0.05) is 18.4 Å². The summed E-state index contributed by atoms with van der Waals surface area (Å²) < 4.78 is 0. The largest absolute Gasteiger partial charge is 0.193 e. The van der Waals surface area contributed by atoms with Gasteiger partial charge in [0, 0.05) is 6.08 Å². The van der Waals surface area contributed by atoms with Crippen molar-refractivity contribution in [1.29, 1.82) is 5.26 Å². The fraction of sp³-hybridized carbons (Fsp3) is 0.667. The van der Waals surface area contributed by atoms with Gasteiger partial charge < -0.3 is 0 Å². The Morgan fingerprint density at radius 1 is 1.50 bits per heavy atom. The molecule has 0 radical (unpaired) electrons. The average Bonchev–Trinajstić information content (AvgIpc) is 2.38. The highest BCUT2D eigenvalue weighted by molar-refractivity contribution is 5.14. The summed E-state index contributed by atoms with van der Waals surface area (Å²) in [5.41, 5.74) is 1.28. The standard InChI is InChI=1S/C9H13N/c1-8(6-7-10)9-4-2-3-5-9/h6,9H,2-5H2,1H3. The van der Waals surface area contributed by atoms with E-state index >= 15 is 0 Å². The van der Waals surface area contributed by atoms with Crippen LogP contribution >= 0.6 is 0 Å². The van der Waals surface area contributed by atoms with Crippen LogP contribution in [0.25, 0.3) is 0 Å². The van der Waals surface area contributed by atoms with E-state index in [9.17, 15) is 0 Å². The molecular formula is C9H13N. The average molecular weight is 135 g/mol. The van der Waals surface area contributed by atoms with Crippen LogP contribution in [0.1, 0.15) is 32.6 Å². The van der Waals surface area contributed by atoms with E-state index < -0.39 is 0 Å². The molecule has 1 nitrogen and oxygen atoms in total. The lowest BCUT2D eigenvalue weighted by Crippen LogP contribution is -1.93. The van der Waals surface area contributed by atoms with Crippen LogP contribution in [0.2, 0.25) is 0 Å². The molecule has 10 heavy (non-hydrogen) atoms. The molecule has 0 heterocycles. The molecule has 1 heteroatoms. The van der Waals surface area contributed by atoms with Gasteiger partial charge in [-0.15, -0.1) is 0 Å². The van der Waals surface area contributed by atoms with Crippen LogP contribution in [0.5, 0.6) is 0 Å². The Morgan fingerprint density at radius 2 is 2.10 bits per heavy atom. The highest BCUT2D eigenvalue weighted by atomic mass is 14.2. The summed E-state index contributed by atoms with van der Waals surface area (Å²) in [7, 11) is 0. The summed E-state index contributed by atoms with van der Waals surface area (Å²) in [6.45, 7) is 2.07. The maximum Gasteiger partial charge on any atom is 0.0911 e. The van der Waals surface area contributed by atoms with Gasteiger partial charge in [-0.05, 0) is 25.7 Å². The number of hydrogen-bond donors (Lipinski definition) is 0. The van der Waals surface area contributed by atoms with Crippen molar-refractivity contribution in [3.8, 4) is 6.07 Å². The molecule has 1 rings (SSSR count). The predicted octanol–water partition coefficient (Wildman–Crippen LogP) is 2.65. The van der Waals surface area contributed by atoms with Crippen molar-refractivity contribution in [2.75, 3.05) is 0 Å². The minimum Gasteiger partial charge on any atom is -0.193 e. The Bertz CT molecular complexity index is 168. The second kappa shape index (κ2) is 3.41. The number of nitrogens with zero attached hydrogens (tertiary/aromatic N) is 1. The summed E-state index contributed by atoms with van der Waals surface area (Å²) in [5, 5.41) is 8.37. The van der Waals surface area contributed by atoms with Crippen molar-refractivity contribution >= 4 is 0 Å². The third-order valence-electron chi connectivity index (χ3n) is 2.29. The first-order chi connectivity index (χ1) is 4.84. The van der Waals surface area contributed by atoms with Gasteiger partial charge in [-0.2, -0.15) is 5.26 Å². The van der Waals surface area contributed by atoms with Gasteiger partial charge in [0.15, 0.2) is 0 Å².